The van der Waals surface area contributed by atoms with E-state index in [9.17, 15) is 14.4 Å². The zero-order valence-corrected chi connectivity index (χ0v) is 23.4. The number of hydrogen-bond donors (Lipinski definition) is 2. The fourth-order valence-electron chi connectivity index (χ4n) is 3.48. The van der Waals surface area contributed by atoms with Gasteiger partial charge in [0.2, 0.25) is 0 Å². The monoisotopic (exact) mass is 553 g/mol. The van der Waals surface area contributed by atoms with Crippen molar-refractivity contribution in [1.82, 2.24) is 5.43 Å². The van der Waals surface area contributed by atoms with Crippen LogP contribution in [0, 0.1) is 13.8 Å². The first kappa shape index (κ1) is 29.2. The zero-order chi connectivity index (χ0) is 28.5. The van der Waals surface area contributed by atoms with E-state index in [1.54, 1.807) is 63.4 Å². The Morgan fingerprint density at radius 3 is 2.36 bits per heavy atom. The van der Waals surface area contributed by atoms with E-state index in [-0.39, 0.29) is 12.5 Å². The zero-order valence-electron chi connectivity index (χ0n) is 22.6. The number of thiophene rings is 1. The van der Waals surface area contributed by atoms with Crippen LogP contribution in [0.4, 0.5) is 5.00 Å². The van der Waals surface area contributed by atoms with Gasteiger partial charge in [0, 0.05) is 10.4 Å². The first-order valence-corrected chi connectivity index (χ1v) is 12.9. The van der Waals surface area contributed by atoms with Crippen molar-refractivity contribution in [1.29, 1.82) is 0 Å². The van der Waals surface area contributed by atoms with Crippen molar-refractivity contribution >= 4 is 40.3 Å². The van der Waals surface area contributed by atoms with E-state index < -0.39 is 18.0 Å². The standard InChI is InChI=1S/C28H31N3O7S/c1-7-37-28(34)24-16(2)18(4)39-27(24)30-26(33)20-9-11-21(12-10-20)38-17(3)25(32)31-29-15-19-8-13-22(35-5)23(14-19)36-6/h8-15,17H,7H2,1-6H3,(H,30,33)(H,31,32)/b29-15-/t17-/m1/s1. The number of esters is 1. The summed E-state index contributed by atoms with van der Waals surface area (Å²) in [7, 11) is 3.08. The summed E-state index contributed by atoms with van der Waals surface area (Å²) in [6, 6.07) is 11.5. The summed E-state index contributed by atoms with van der Waals surface area (Å²) in [4.78, 5) is 38.5. The number of carbonyl (C=O) groups is 3. The molecule has 10 nitrogen and oxygen atoms in total. The van der Waals surface area contributed by atoms with Gasteiger partial charge in [-0.25, -0.2) is 10.2 Å². The number of nitrogens with zero attached hydrogens (tertiary/aromatic N) is 1. The van der Waals surface area contributed by atoms with Gasteiger partial charge in [0.25, 0.3) is 11.8 Å². The molecular weight excluding hydrogens is 522 g/mol. The minimum absolute atomic E-state index is 0.239. The molecule has 1 atom stereocenters. The molecule has 1 aromatic heterocycles. The van der Waals surface area contributed by atoms with E-state index in [1.165, 1.54) is 24.7 Å². The number of ether oxygens (including phenoxy) is 4. The fourth-order valence-corrected chi connectivity index (χ4v) is 4.52. The second-order valence-electron chi connectivity index (χ2n) is 8.30. The summed E-state index contributed by atoms with van der Waals surface area (Å²) < 4.78 is 21.3. The molecule has 206 valence electrons. The number of amides is 2. The molecule has 0 aliphatic rings. The minimum atomic E-state index is -0.851. The summed E-state index contributed by atoms with van der Waals surface area (Å²) in [6.45, 7) is 7.25. The van der Waals surface area contributed by atoms with Crippen LogP contribution in [0.3, 0.4) is 0 Å². The van der Waals surface area contributed by atoms with Crippen molar-refractivity contribution in [3.63, 3.8) is 0 Å². The normalized spacial score (nSPS) is 11.5. The van der Waals surface area contributed by atoms with Crippen molar-refractivity contribution < 1.29 is 33.3 Å². The molecule has 1 heterocycles. The number of rotatable bonds is 11. The third kappa shape index (κ3) is 7.35. The van der Waals surface area contributed by atoms with Crippen LogP contribution < -0.4 is 25.0 Å². The van der Waals surface area contributed by atoms with Gasteiger partial charge in [-0.05, 0) is 81.3 Å². The van der Waals surface area contributed by atoms with Crippen molar-refractivity contribution in [2.24, 2.45) is 5.10 Å². The molecule has 0 bridgehead atoms. The Balaban J connectivity index is 1.58. The average molecular weight is 554 g/mol. The van der Waals surface area contributed by atoms with Gasteiger partial charge in [0.05, 0.1) is 32.6 Å². The molecule has 2 N–H and O–H groups in total. The number of nitrogens with one attached hydrogen (secondary N) is 2. The quantitative estimate of drug-likeness (QED) is 0.200. The lowest BCUT2D eigenvalue weighted by Gasteiger charge is -2.13. The molecule has 0 radical (unpaired) electrons. The number of carbonyl (C=O) groups excluding carboxylic acids is 3. The Morgan fingerprint density at radius 1 is 1.03 bits per heavy atom. The van der Waals surface area contributed by atoms with Crippen LogP contribution in [0.15, 0.2) is 47.6 Å². The van der Waals surface area contributed by atoms with Crippen molar-refractivity contribution in [3.8, 4) is 17.2 Å². The van der Waals surface area contributed by atoms with E-state index >= 15 is 0 Å². The molecule has 39 heavy (non-hydrogen) atoms. The van der Waals surface area contributed by atoms with Crippen LogP contribution in [0.5, 0.6) is 17.2 Å². The van der Waals surface area contributed by atoms with Gasteiger partial charge in [-0.15, -0.1) is 11.3 Å². The maximum Gasteiger partial charge on any atom is 0.341 e. The molecule has 0 saturated heterocycles. The molecule has 0 fully saturated rings. The molecule has 11 heteroatoms. The van der Waals surface area contributed by atoms with E-state index in [1.807, 2.05) is 13.8 Å². The van der Waals surface area contributed by atoms with Gasteiger partial charge in [-0.2, -0.15) is 5.10 Å². The van der Waals surface area contributed by atoms with Gasteiger partial charge >= 0.3 is 5.97 Å². The van der Waals surface area contributed by atoms with Gasteiger partial charge in [0.15, 0.2) is 17.6 Å². The number of hydrogen-bond acceptors (Lipinski definition) is 9. The van der Waals surface area contributed by atoms with Crippen LogP contribution >= 0.6 is 11.3 Å². The Morgan fingerprint density at radius 2 is 1.72 bits per heavy atom. The van der Waals surface area contributed by atoms with Gasteiger partial charge in [-0.3, -0.25) is 9.59 Å². The van der Waals surface area contributed by atoms with E-state index in [4.69, 9.17) is 18.9 Å². The van der Waals surface area contributed by atoms with Crippen molar-refractivity contribution in [3.05, 3.63) is 69.6 Å². The van der Waals surface area contributed by atoms with Gasteiger partial charge < -0.3 is 24.3 Å². The Kier molecular flexibility index (Phi) is 10.0. The first-order valence-electron chi connectivity index (χ1n) is 12.1. The summed E-state index contributed by atoms with van der Waals surface area (Å²) in [6.07, 6.45) is 0.626. The van der Waals surface area contributed by atoms with Crippen LogP contribution in [0.2, 0.25) is 0 Å². The Bertz CT molecular complexity index is 1370. The SMILES string of the molecule is CCOC(=O)c1c(NC(=O)c2ccc(O[C@H](C)C(=O)N/N=C\c3ccc(OC)c(OC)c3)cc2)sc(C)c1C. The lowest BCUT2D eigenvalue weighted by molar-refractivity contribution is -0.127. The molecule has 0 saturated carbocycles. The summed E-state index contributed by atoms with van der Waals surface area (Å²) in [5.41, 5.74) is 4.64. The summed E-state index contributed by atoms with van der Waals surface area (Å²) >= 11 is 1.32. The van der Waals surface area contributed by atoms with Crippen molar-refractivity contribution in [2.45, 2.75) is 33.8 Å². The highest BCUT2D eigenvalue weighted by molar-refractivity contribution is 7.16. The van der Waals surface area contributed by atoms with Gasteiger partial charge in [0.1, 0.15) is 10.8 Å². The predicted molar refractivity (Wildman–Crippen MR) is 150 cm³/mol. The lowest BCUT2D eigenvalue weighted by atomic mass is 10.1. The average Bonchev–Trinajstić information content (AvgIpc) is 3.21. The number of anilines is 1. The first-order chi connectivity index (χ1) is 18.7. The fraction of sp³-hybridized carbons (Fsp3) is 0.286. The number of aryl methyl sites for hydroxylation is 1. The smallest absolute Gasteiger partial charge is 0.341 e. The molecule has 2 aromatic carbocycles. The van der Waals surface area contributed by atoms with Crippen LogP contribution in [0.1, 0.15) is 50.6 Å². The topological polar surface area (TPSA) is 125 Å². The molecular formula is C28H31N3O7S. The summed E-state index contributed by atoms with van der Waals surface area (Å²) in [5.74, 6) is 0.211. The molecule has 0 aliphatic heterocycles. The second-order valence-corrected chi connectivity index (χ2v) is 9.52. The summed E-state index contributed by atoms with van der Waals surface area (Å²) in [5, 5.41) is 7.20. The van der Waals surface area contributed by atoms with Crippen molar-refractivity contribution in [2.75, 3.05) is 26.1 Å². The number of hydrazone groups is 1. The van der Waals surface area contributed by atoms with Crippen LogP contribution in [-0.4, -0.2) is 50.9 Å². The largest absolute Gasteiger partial charge is 0.493 e. The lowest BCUT2D eigenvalue weighted by Crippen LogP contribution is -2.33. The van der Waals surface area contributed by atoms with E-state index in [0.717, 1.165) is 10.4 Å². The highest BCUT2D eigenvalue weighted by Crippen LogP contribution is 2.33. The third-order valence-corrected chi connectivity index (χ3v) is 6.81. The molecule has 3 aromatic rings. The highest BCUT2D eigenvalue weighted by atomic mass is 32.1. The van der Waals surface area contributed by atoms with Gasteiger partial charge in [-0.1, -0.05) is 0 Å². The second kappa shape index (κ2) is 13.4. The number of benzene rings is 2. The predicted octanol–water partition coefficient (Wildman–Crippen LogP) is 4.73. The Hall–Kier alpha value is -4.38. The number of methoxy groups -OCH3 is 2. The molecule has 0 unspecified atom stereocenters. The molecule has 3 rings (SSSR count). The third-order valence-electron chi connectivity index (χ3n) is 5.69. The van der Waals surface area contributed by atoms with Crippen LogP contribution in [-0.2, 0) is 9.53 Å². The molecule has 0 spiro atoms. The maximum atomic E-state index is 12.8. The van der Waals surface area contributed by atoms with Crippen LogP contribution in [0.25, 0.3) is 0 Å². The van der Waals surface area contributed by atoms with E-state index in [0.29, 0.717) is 38.9 Å². The highest BCUT2D eigenvalue weighted by Gasteiger charge is 2.22. The maximum absolute atomic E-state index is 12.8. The molecule has 0 aliphatic carbocycles. The molecule has 2 amide bonds. The minimum Gasteiger partial charge on any atom is -0.493 e. The van der Waals surface area contributed by atoms with E-state index in [2.05, 4.69) is 15.8 Å². The Labute approximate surface area is 230 Å².